The number of aromatic nitrogens is 3. The molecule has 1 aliphatic carbocycles. The summed E-state index contributed by atoms with van der Waals surface area (Å²) < 4.78 is 2.18. The Hall–Kier alpha value is -1.36. The van der Waals surface area contributed by atoms with E-state index in [-0.39, 0.29) is 6.04 Å². The fourth-order valence-electron chi connectivity index (χ4n) is 1.95. The molecular weight excluding hydrogens is 244 g/mol. The van der Waals surface area contributed by atoms with Gasteiger partial charge in [-0.05, 0) is 26.2 Å². The Kier molecular flexibility index (Phi) is 3.07. The predicted molar refractivity (Wildman–Crippen MR) is 74.2 cm³/mol. The molecule has 1 fully saturated rings. The molecule has 2 aromatic heterocycles. The van der Waals surface area contributed by atoms with Crippen LogP contribution in [0.5, 0.6) is 0 Å². The minimum absolute atomic E-state index is 0.249. The van der Waals surface area contributed by atoms with Crippen LogP contribution in [0.3, 0.4) is 0 Å². The largest absolute Gasteiger partial charge is 0.353 e. The molecule has 0 spiro atoms. The molecule has 5 heteroatoms. The highest BCUT2D eigenvalue weighted by Crippen LogP contribution is 2.29. The number of imidazole rings is 1. The van der Waals surface area contributed by atoms with Gasteiger partial charge >= 0.3 is 0 Å². The van der Waals surface area contributed by atoms with E-state index < -0.39 is 0 Å². The third kappa shape index (κ3) is 2.27. The fourth-order valence-corrected chi connectivity index (χ4v) is 2.85. The average molecular weight is 262 g/mol. The van der Waals surface area contributed by atoms with Crippen LogP contribution >= 0.6 is 11.3 Å². The van der Waals surface area contributed by atoms with Crippen LogP contribution in [0.25, 0.3) is 0 Å². The number of hydrogen-bond donors (Lipinski definition) is 1. The Morgan fingerprint density at radius 2 is 2.33 bits per heavy atom. The molecule has 0 aromatic carbocycles. The monoisotopic (exact) mass is 262 g/mol. The van der Waals surface area contributed by atoms with Crippen LogP contribution in [-0.4, -0.2) is 20.6 Å². The Labute approximate surface area is 111 Å². The molecular formula is C13H18N4S. The van der Waals surface area contributed by atoms with Crippen LogP contribution in [0.1, 0.15) is 42.6 Å². The minimum Gasteiger partial charge on any atom is -0.353 e. The van der Waals surface area contributed by atoms with Crippen LogP contribution in [0.2, 0.25) is 0 Å². The zero-order chi connectivity index (χ0) is 12.5. The molecule has 1 N–H and O–H groups in total. The lowest BCUT2D eigenvalue weighted by Gasteiger charge is -2.14. The summed E-state index contributed by atoms with van der Waals surface area (Å²) in [5.41, 5.74) is 0. The Bertz CT molecular complexity index is 527. The number of rotatable bonds is 5. The van der Waals surface area contributed by atoms with Gasteiger partial charge in [0.25, 0.3) is 0 Å². The van der Waals surface area contributed by atoms with E-state index in [1.165, 1.54) is 17.7 Å². The van der Waals surface area contributed by atoms with Crippen molar-refractivity contribution in [3.8, 4) is 0 Å². The quantitative estimate of drug-likeness (QED) is 0.900. The molecule has 0 bridgehead atoms. The average Bonchev–Trinajstić information content (AvgIpc) is 2.91. The summed E-state index contributed by atoms with van der Waals surface area (Å²) in [7, 11) is 0. The van der Waals surface area contributed by atoms with E-state index >= 15 is 0 Å². The number of hydrogen-bond acceptors (Lipinski definition) is 4. The van der Waals surface area contributed by atoms with Gasteiger partial charge in [0.2, 0.25) is 5.95 Å². The normalized spacial score (nSPS) is 16.8. The predicted octanol–water partition coefficient (Wildman–Crippen LogP) is 3.09. The number of anilines is 1. The first kappa shape index (κ1) is 11.7. The second kappa shape index (κ2) is 4.72. The summed E-state index contributed by atoms with van der Waals surface area (Å²) >= 11 is 1.79. The van der Waals surface area contributed by atoms with Crippen LogP contribution in [0.15, 0.2) is 18.6 Å². The maximum atomic E-state index is 4.52. The topological polar surface area (TPSA) is 42.7 Å². The van der Waals surface area contributed by atoms with Gasteiger partial charge in [-0.2, -0.15) is 0 Å². The van der Waals surface area contributed by atoms with Gasteiger partial charge in [0, 0.05) is 29.5 Å². The minimum atomic E-state index is 0.249. The van der Waals surface area contributed by atoms with E-state index in [1.54, 1.807) is 11.3 Å². The second-order valence-electron chi connectivity index (χ2n) is 4.77. The van der Waals surface area contributed by atoms with Gasteiger partial charge < -0.3 is 9.88 Å². The number of aryl methyl sites for hydroxylation is 1. The third-order valence-corrected chi connectivity index (χ3v) is 4.59. The summed E-state index contributed by atoms with van der Waals surface area (Å²) in [5, 5.41) is 4.62. The van der Waals surface area contributed by atoms with Gasteiger partial charge in [-0.3, -0.25) is 0 Å². The first-order valence-corrected chi connectivity index (χ1v) is 7.33. The van der Waals surface area contributed by atoms with E-state index in [1.807, 2.05) is 18.6 Å². The van der Waals surface area contributed by atoms with Gasteiger partial charge in [0.15, 0.2) is 0 Å². The summed E-state index contributed by atoms with van der Waals surface area (Å²) in [4.78, 5) is 10.3. The molecule has 0 saturated heterocycles. The van der Waals surface area contributed by atoms with Gasteiger partial charge in [0.1, 0.15) is 5.01 Å². The zero-order valence-electron chi connectivity index (χ0n) is 10.8. The lowest BCUT2D eigenvalue weighted by Crippen LogP contribution is -2.12. The lowest BCUT2D eigenvalue weighted by molar-refractivity contribution is 0.638. The van der Waals surface area contributed by atoms with Crippen LogP contribution in [0.4, 0.5) is 5.95 Å². The van der Waals surface area contributed by atoms with Gasteiger partial charge in [-0.15, -0.1) is 11.3 Å². The SMILES string of the molecule is CCc1cnc(C(C)n2ccnc2NC2CC2)s1. The van der Waals surface area contributed by atoms with E-state index in [9.17, 15) is 0 Å². The highest BCUT2D eigenvalue weighted by Gasteiger charge is 2.24. The van der Waals surface area contributed by atoms with Crippen molar-refractivity contribution >= 4 is 17.3 Å². The summed E-state index contributed by atoms with van der Waals surface area (Å²) in [6.07, 6.45) is 9.46. The Morgan fingerprint density at radius 3 is 3.00 bits per heavy atom. The standard InChI is InChI=1S/C13H18N4S/c1-3-11-8-15-12(18-11)9(2)17-7-6-14-13(17)16-10-4-5-10/h6-10H,3-5H2,1-2H3,(H,14,16). The maximum Gasteiger partial charge on any atom is 0.203 e. The van der Waals surface area contributed by atoms with Gasteiger partial charge in [-0.1, -0.05) is 6.92 Å². The molecule has 1 aliphatic rings. The number of nitrogens with one attached hydrogen (secondary N) is 1. The molecule has 18 heavy (non-hydrogen) atoms. The number of thiazole rings is 1. The molecule has 4 nitrogen and oxygen atoms in total. The summed E-state index contributed by atoms with van der Waals surface area (Å²) in [6, 6.07) is 0.875. The molecule has 96 valence electrons. The van der Waals surface area contributed by atoms with Crippen molar-refractivity contribution in [1.29, 1.82) is 0 Å². The summed E-state index contributed by atoms with van der Waals surface area (Å²) in [5.74, 6) is 0.971. The first-order chi connectivity index (χ1) is 8.78. The first-order valence-electron chi connectivity index (χ1n) is 6.52. The summed E-state index contributed by atoms with van der Waals surface area (Å²) in [6.45, 7) is 4.34. The molecule has 0 radical (unpaired) electrons. The highest BCUT2D eigenvalue weighted by atomic mass is 32.1. The van der Waals surface area contributed by atoms with Crippen molar-refractivity contribution < 1.29 is 0 Å². The van der Waals surface area contributed by atoms with Crippen molar-refractivity contribution in [2.75, 3.05) is 5.32 Å². The van der Waals surface area contributed by atoms with Crippen LogP contribution in [0, 0.1) is 0 Å². The van der Waals surface area contributed by atoms with E-state index in [0.29, 0.717) is 6.04 Å². The van der Waals surface area contributed by atoms with Crippen molar-refractivity contribution in [1.82, 2.24) is 14.5 Å². The van der Waals surface area contributed by atoms with E-state index in [0.717, 1.165) is 17.4 Å². The van der Waals surface area contributed by atoms with Crippen molar-refractivity contribution in [3.63, 3.8) is 0 Å². The van der Waals surface area contributed by atoms with E-state index in [2.05, 4.69) is 33.7 Å². The number of nitrogens with zero attached hydrogens (tertiary/aromatic N) is 3. The third-order valence-electron chi connectivity index (χ3n) is 3.27. The Balaban J connectivity index is 1.82. The molecule has 0 amide bonds. The second-order valence-corrected chi connectivity index (χ2v) is 5.92. The van der Waals surface area contributed by atoms with Crippen molar-refractivity contribution in [3.05, 3.63) is 28.5 Å². The molecule has 1 atom stereocenters. The van der Waals surface area contributed by atoms with Crippen molar-refractivity contribution in [2.24, 2.45) is 0 Å². The molecule has 2 heterocycles. The lowest BCUT2D eigenvalue weighted by atomic mass is 10.3. The van der Waals surface area contributed by atoms with Gasteiger partial charge in [-0.25, -0.2) is 9.97 Å². The molecule has 2 aromatic rings. The van der Waals surface area contributed by atoms with Gasteiger partial charge in [0.05, 0.1) is 6.04 Å². The molecule has 1 saturated carbocycles. The maximum absolute atomic E-state index is 4.52. The fraction of sp³-hybridized carbons (Fsp3) is 0.538. The van der Waals surface area contributed by atoms with E-state index in [4.69, 9.17) is 0 Å². The van der Waals surface area contributed by atoms with Crippen LogP contribution in [-0.2, 0) is 6.42 Å². The van der Waals surface area contributed by atoms with Crippen LogP contribution < -0.4 is 5.32 Å². The molecule has 0 aliphatic heterocycles. The zero-order valence-corrected chi connectivity index (χ0v) is 11.6. The highest BCUT2D eigenvalue weighted by molar-refractivity contribution is 7.11. The molecule has 3 rings (SSSR count). The smallest absolute Gasteiger partial charge is 0.203 e. The Morgan fingerprint density at radius 1 is 1.50 bits per heavy atom. The van der Waals surface area contributed by atoms with Crippen molar-refractivity contribution in [2.45, 2.75) is 45.2 Å². The molecule has 1 unspecified atom stereocenters.